The molecule has 0 saturated heterocycles. The Kier molecular flexibility index (Phi) is 5.94. The number of anilines is 1. The smallest absolute Gasteiger partial charge is 0.319 e. The Hall–Kier alpha value is -4.21. The highest BCUT2D eigenvalue weighted by Crippen LogP contribution is 2.17. The number of rotatable bonds is 8. The number of nitrogens with zero attached hydrogens (tertiary/aromatic N) is 6. The van der Waals surface area contributed by atoms with Crippen LogP contribution in [0.5, 0.6) is 5.75 Å². The van der Waals surface area contributed by atoms with Crippen molar-refractivity contribution >= 4 is 11.7 Å². The van der Waals surface area contributed by atoms with Crippen molar-refractivity contribution in [3.8, 4) is 11.6 Å². The van der Waals surface area contributed by atoms with Crippen molar-refractivity contribution in [2.24, 2.45) is 0 Å². The van der Waals surface area contributed by atoms with Crippen molar-refractivity contribution in [1.29, 1.82) is 0 Å². The molecular weight excluding hydrogens is 384 g/mol. The number of benzene rings is 1. The molecule has 0 bridgehead atoms. The molecule has 0 radical (unpaired) electrons. The van der Waals surface area contributed by atoms with Gasteiger partial charge in [0.25, 0.3) is 0 Å². The lowest BCUT2D eigenvalue weighted by atomic mass is 10.2. The minimum absolute atomic E-state index is 0.287. The first-order valence-corrected chi connectivity index (χ1v) is 9.32. The predicted molar refractivity (Wildman–Crippen MR) is 109 cm³/mol. The van der Waals surface area contributed by atoms with E-state index in [2.05, 4.69) is 30.8 Å². The number of carbonyl (C=O) groups excluding carboxylic acids is 1. The van der Waals surface area contributed by atoms with Gasteiger partial charge >= 0.3 is 6.03 Å². The number of nitrogens with one attached hydrogen (secondary N) is 2. The summed E-state index contributed by atoms with van der Waals surface area (Å²) in [5.41, 5.74) is 1.45. The molecule has 30 heavy (non-hydrogen) atoms. The van der Waals surface area contributed by atoms with E-state index in [-0.39, 0.29) is 12.6 Å². The van der Waals surface area contributed by atoms with Gasteiger partial charge in [0, 0.05) is 42.5 Å². The number of carbonyl (C=O) groups is 1. The molecule has 0 aliphatic heterocycles. The van der Waals surface area contributed by atoms with Crippen molar-refractivity contribution in [3.05, 3.63) is 79.3 Å². The van der Waals surface area contributed by atoms with Gasteiger partial charge in [-0.15, -0.1) is 0 Å². The molecule has 4 rings (SSSR count). The average molecular weight is 404 g/mol. The molecule has 0 unspecified atom stereocenters. The van der Waals surface area contributed by atoms with Gasteiger partial charge in [0.15, 0.2) is 5.82 Å². The van der Waals surface area contributed by atoms with Gasteiger partial charge in [-0.25, -0.2) is 19.4 Å². The quantitative estimate of drug-likeness (QED) is 0.466. The Morgan fingerprint density at radius 2 is 2.07 bits per heavy atom. The van der Waals surface area contributed by atoms with Crippen molar-refractivity contribution < 1.29 is 9.53 Å². The molecule has 0 atom stereocenters. The first kappa shape index (κ1) is 19.1. The number of pyridine rings is 1. The fourth-order valence-corrected chi connectivity index (χ4v) is 2.80. The Bertz CT molecular complexity index is 1080. The van der Waals surface area contributed by atoms with Crippen LogP contribution in [0.1, 0.15) is 5.56 Å². The standard InChI is InChI=1S/C20H20N8O2/c29-20(23-13-16-4-2-7-22-19(16)28-15-21-14-25-28)26-17-5-1-6-18(12-17)30-11-10-27-9-3-8-24-27/h1-9,12,14-15H,10-11,13H2,(H2,23,26,29). The second-order valence-electron chi connectivity index (χ2n) is 6.28. The third kappa shape index (κ3) is 4.98. The molecule has 3 heterocycles. The highest BCUT2D eigenvalue weighted by Gasteiger charge is 2.09. The second-order valence-corrected chi connectivity index (χ2v) is 6.28. The molecule has 0 saturated carbocycles. The summed E-state index contributed by atoms with van der Waals surface area (Å²) in [6, 6.07) is 12.4. The van der Waals surface area contributed by atoms with E-state index in [0.717, 1.165) is 5.56 Å². The van der Waals surface area contributed by atoms with Crippen LogP contribution >= 0.6 is 0 Å². The van der Waals surface area contributed by atoms with E-state index in [4.69, 9.17) is 4.74 Å². The largest absolute Gasteiger partial charge is 0.492 e. The van der Waals surface area contributed by atoms with Crippen molar-refractivity contribution in [1.82, 2.24) is 34.8 Å². The zero-order chi connectivity index (χ0) is 20.6. The fourth-order valence-electron chi connectivity index (χ4n) is 2.80. The second kappa shape index (κ2) is 9.32. The van der Waals surface area contributed by atoms with Crippen molar-refractivity contribution in [2.75, 3.05) is 11.9 Å². The predicted octanol–water partition coefficient (Wildman–Crippen LogP) is 2.26. The summed E-state index contributed by atoms with van der Waals surface area (Å²) in [4.78, 5) is 20.6. The summed E-state index contributed by atoms with van der Waals surface area (Å²) in [6.07, 6.45) is 8.26. The van der Waals surface area contributed by atoms with Gasteiger partial charge in [-0.3, -0.25) is 4.68 Å². The Balaban J connectivity index is 1.30. The first-order valence-electron chi connectivity index (χ1n) is 9.32. The van der Waals surface area contributed by atoms with Gasteiger partial charge < -0.3 is 15.4 Å². The number of hydrogen-bond acceptors (Lipinski definition) is 6. The third-order valence-electron chi connectivity index (χ3n) is 4.18. The van der Waals surface area contributed by atoms with E-state index in [1.165, 1.54) is 6.33 Å². The topological polar surface area (TPSA) is 112 Å². The highest BCUT2D eigenvalue weighted by molar-refractivity contribution is 5.89. The third-order valence-corrected chi connectivity index (χ3v) is 4.18. The molecule has 0 aliphatic carbocycles. The minimum Gasteiger partial charge on any atom is -0.492 e. The van der Waals surface area contributed by atoms with Crippen LogP contribution in [0.2, 0.25) is 0 Å². The van der Waals surface area contributed by atoms with Crippen LogP contribution in [0.15, 0.2) is 73.7 Å². The van der Waals surface area contributed by atoms with Crippen LogP contribution < -0.4 is 15.4 Å². The monoisotopic (exact) mass is 404 g/mol. The van der Waals surface area contributed by atoms with E-state index in [1.54, 1.807) is 46.3 Å². The normalized spacial score (nSPS) is 10.5. The molecule has 2 amide bonds. The molecule has 10 heteroatoms. The summed E-state index contributed by atoms with van der Waals surface area (Å²) in [5, 5.41) is 13.9. The zero-order valence-electron chi connectivity index (χ0n) is 16.0. The van der Waals surface area contributed by atoms with Crippen LogP contribution in [-0.4, -0.2) is 42.2 Å². The number of hydrogen-bond donors (Lipinski definition) is 2. The molecule has 0 spiro atoms. The lowest BCUT2D eigenvalue weighted by molar-refractivity contribution is 0.251. The lowest BCUT2D eigenvalue weighted by Crippen LogP contribution is -2.28. The van der Waals surface area contributed by atoms with Gasteiger partial charge in [0.05, 0.1) is 6.54 Å². The first-order chi connectivity index (χ1) is 14.8. The molecule has 4 aromatic rings. The van der Waals surface area contributed by atoms with Crippen LogP contribution in [0, 0.1) is 0 Å². The van der Waals surface area contributed by atoms with Gasteiger partial charge in [-0.05, 0) is 24.3 Å². The van der Waals surface area contributed by atoms with Crippen LogP contribution in [-0.2, 0) is 13.1 Å². The van der Waals surface area contributed by atoms with Crippen LogP contribution in [0.4, 0.5) is 10.5 Å². The van der Waals surface area contributed by atoms with Gasteiger partial charge in [0.2, 0.25) is 0 Å². The van der Waals surface area contributed by atoms with E-state index >= 15 is 0 Å². The number of aromatic nitrogens is 6. The van der Waals surface area contributed by atoms with E-state index < -0.39 is 0 Å². The molecule has 0 aliphatic rings. The summed E-state index contributed by atoms with van der Waals surface area (Å²) in [6.45, 7) is 1.41. The Morgan fingerprint density at radius 1 is 1.10 bits per heavy atom. The molecule has 152 valence electrons. The number of urea groups is 1. The maximum atomic E-state index is 12.3. The minimum atomic E-state index is -0.336. The molecule has 10 nitrogen and oxygen atoms in total. The summed E-state index contributed by atoms with van der Waals surface area (Å²) >= 11 is 0. The molecule has 0 fully saturated rings. The van der Waals surface area contributed by atoms with Crippen LogP contribution in [0.3, 0.4) is 0 Å². The molecular formula is C20H20N8O2. The highest BCUT2D eigenvalue weighted by atomic mass is 16.5. The van der Waals surface area contributed by atoms with E-state index in [0.29, 0.717) is 30.4 Å². The number of amides is 2. The van der Waals surface area contributed by atoms with Crippen molar-refractivity contribution in [2.45, 2.75) is 13.1 Å². The van der Waals surface area contributed by atoms with Crippen LogP contribution in [0.25, 0.3) is 5.82 Å². The van der Waals surface area contributed by atoms with Crippen molar-refractivity contribution in [3.63, 3.8) is 0 Å². The SMILES string of the molecule is O=C(NCc1cccnc1-n1cncn1)Nc1cccc(OCCn2cccn2)c1. The van der Waals surface area contributed by atoms with Gasteiger partial charge in [-0.1, -0.05) is 12.1 Å². The molecule has 2 N–H and O–H groups in total. The fraction of sp³-hybridized carbons (Fsp3) is 0.150. The zero-order valence-corrected chi connectivity index (χ0v) is 16.0. The summed E-state index contributed by atoms with van der Waals surface area (Å²) in [5.74, 6) is 1.28. The summed E-state index contributed by atoms with van der Waals surface area (Å²) < 4.78 is 9.08. The Morgan fingerprint density at radius 3 is 2.90 bits per heavy atom. The summed E-state index contributed by atoms with van der Waals surface area (Å²) in [7, 11) is 0. The lowest BCUT2D eigenvalue weighted by Gasteiger charge is -2.11. The average Bonchev–Trinajstić information content (AvgIpc) is 3.47. The molecule has 1 aromatic carbocycles. The number of ether oxygens (including phenoxy) is 1. The molecule has 3 aromatic heterocycles. The van der Waals surface area contributed by atoms with Gasteiger partial charge in [0.1, 0.15) is 25.0 Å². The Labute approximate surface area is 172 Å². The van der Waals surface area contributed by atoms with E-state index in [1.807, 2.05) is 30.5 Å². The maximum absolute atomic E-state index is 12.3. The maximum Gasteiger partial charge on any atom is 0.319 e. The van der Waals surface area contributed by atoms with Gasteiger partial charge in [-0.2, -0.15) is 10.2 Å². The van der Waals surface area contributed by atoms with E-state index in [9.17, 15) is 4.79 Å².